The van der Waals surface area contributed by atoms with Gasteiger partial charge >= 0.3 is 0 Å². The molecule has 1 aromatic carbocycles. The number of pyridine rings is 1. The SMILES string of the molecule is Fc1cnccc1CN1CCCC(OCCc2noc(-c3ccccc3)n2)C1. The summed E-state index contributed by atoms with van der Waals surface area (Å²) in [5, 5.41) is 4.03. The molecular weight excluding hydrogens is 359 g/mol. The van der Waals surface area contributed by atoms with Crippen molar-refractivity contribution in [3.63, 3.8) is 0 Å². The molecule has 0 aliphatic carbocycles. The molecule has 0 N–H and O–H groups in total. The second kappa shape index (κ2) is 9.03. The Morgan fingerprint density at radius 2 is 2.11 bits per heavy atom. The zero-order valence-electron chi connectivity index (χ0n) is 15.6. The Morgan fingerprint density at radius 3 is 2.96 bits per heavy atom. The number of likely N-dealkylation sites (tertiary alicyclic amines) is 1. The molecule has 1 unspecified atom stereocenters. The minimum atomic E-state index is -0.253. The highest BCUT2D eigenvalue weighted by Crippen LogP contribution is 2.18. The van der Waals surface area contributed by atoms with E-state index in [1.54, 1.807) is 12.3 Å². The van der Waals surface area contributed by atoms with Crippen molar-refractivity contribution in [3.8, 4) is 11.5 Å². The average Bonchev–Trinajstić information content (AvgIpc) is 3.20. The highest BCUT2D eigenvalue weighted by Gasteiger charge is 2.21. The lowest BCUT2D eigenvalue weighted by Gasteiger charge is -2.32. The van der Waals surface area contributed by atoms with Gasteiger partial charge < -0.3 is 9.26 Å². The van der Waals surface area contributed by atoms with Crippen LogP contribution in [0.4, 0.5) is 4.39 Å². The molecule has 4 rings (SSSR count). The van der Waals surface area contributed by atoms with Gasteiger partial charge in [0.15, 0.2) is 5.82 Å². The number of benzene rings is 1. The van der Waals surface area contributed by atoms with Crippen molar-refractivity contribution in [3.05, 3.63) is 66.0 Å². The fourth-order valence-corrected chi connectivity index (χ4v) is 3.44. The first kappa shape index (κ1) is 18.7. The Hall–Kier alpha value is -2.64. The number of halogens is 1. The Morgan fingerprint density at radius 1 is 1.21 bits per heavy atom. The summed E-state index contributed by atoms with van der Waals surface area (Å²) in [6.07, 6.45) is 5.69. The first-order valence-electron chi connectivity index (χ1n) is 9.58. The molecule has 1 aliphatic rings. The summed E-state index contributed by atoms with van der Waals surface area (Å²) in [6.45, 7) is 2.87. The van der Waals surface area contributed by atoms with E-state index in [0.29, 0.717) is 36.9 Å². The van der Waals surface area contributed by atoms with Crippen molar-refractivity contribution in [2.75, 3.05) is 19.7 Å². The summed E-state index contributed by atoms with van der Waals surface area (Å²) in [5.41, 5.74) is 1.59. The zero-order valence-corrected chi connectivity index (χ0v) is 15.6. The molecular formula is C21H23FN4O2. The minimum absolute atomic E-state index is 0.138. The molecule has 0 amide bonds. The maximum absolute atomic E-state index is 13.8. The van der Waals surface area contributed by atoms with Gasteiger partial charge in [-0.3, -0.25) is 9.88 Å². The van der Waals surface area contributed by atoms with Crippen LogP contribution in [0.5, 0.6) is 0 Å². The largest absolute Gasteiger partial charge is 0.376 e. The average molecular weight is 382 g/mol. The fourth-order valence-electron chi connectivity index (χ4n) is 3.44. The van der Waals surface area contributed by atoms with E-state index in [9.17, 15) is 4.39 Å². The molecule has 1 atom stereocenters. The van der Waals surface area contributed by atoms with Crippen molar-refractivity contribution in [2.45, 2.75) is 31.9 Å². The molecule has 1 fully saturated rings. The van der Waals surface area contributed by atoms with Gasteiger partial charge in [0.05, 0.1) is 18.9 Å². The number of rotatable bonds is 7. The molecule has 0 saturated carbocycles. The van der Waals surface area contributed by atoms with Crippen LogP contribution in [0.3, 0.4) is 0 Å². The van der Waals surface area contributed by atoms with Crippen LogP contribution in [0.15, 0.2) is 53.3 Å². The first-order valence-corrected chi connectivity index (χ1v) is 9.58. The summed E-state index contributed by atoms with van der Waals surface area (Å²) >= 11 is 0. The Bertz CT molecular complexity index is 887. The number of piperidine rings is 1. The lowest BCUT2D eigenvalue weighted by Crippen LogP contribution is -2.39. The van der Waals surface area contributed by atoms with Crippen molar-refractivity contribution >= 4 is 0 Å². The van der Waals surface area contributed by atoms with Crippen LogP contribution in [0.1, 0.15) is 24.2 Å². The van der Waals surface area contributed by atoms with E-state index in [1.165, 1.54) is 6.20 Å². The van der Waals surface area contributed by atoms with Crippen molar-refractivity contribution in [1.82, 2.24) is 20.0 Å². The lowest BCUT2D eigenvalue weighted by molar-refractivity contribution is -0.00200. The summed E-state index contributed by atoms with van der Waals surface area (Å²) in [5.74, 6) is 0.918. The van der Waals surface area contributed by atoms with Gasteiger partial charge in [0.25, 0.3) is 5.89 Å². The molecule has 3 aromatic rings. The van der Waals surface area contributed by atoms with Gasteiger partial charge in [0.1, 0.15) is 5.82 Å². The first-order chi connectivity index (χ1) is 13.8. The third kappa shape index (κ3) is 4.79. The number of ether oxygens (including phenoxy) is 1. The number of nitrogens with zero attached hydrogens (tertiary/aromatic N) is 4. The molecule has 146 valence electrons. The molecule has 0 spiro atoms. The van der Waals surface area contributed by atoms with Gasteiger partial charge in [-0.05, 0) is 37.6 Å². The number of hydrogen-bond acceptors (Lipinski definition) is 6. The molecule has 0 bridgehead atoms. The third-order valence-corrected chi connectivity index (χ3v) is 4.88. The molecule has 0 radical (unpaired) electrons. The van der Waals surface area contributed by atoms with Crippen LogP contribution in [0.25, 0.3) is 11.5 Å². The number of aromatic nitrogens is 3. The Kier molecular flexibility index (Phi) is 6.04. The predicted molar refractivity (Wildman–Crippen MR) is 102 cm³/mol. The van der Waals surface area contributed by atoms with Crippen LogP contribution in [-0.4, -0.2) is 45.8 Å². The standard InChI is InChI=1S/C21H23FN4O2/c22-19-13-23-10-8-17(19)14-26-11-4-7-18(15-26)27-12-9-20-24-21(28-25-20)16-5-2-1-3-6-16/h1-3,5-6,8,10,13,18H,4,7,9,11-12,14-15H2. The molecule has 1 aliphatic heterocycles. The Labute approximate surface area is 163 Å². The van der Waals surface area contributed by atoms with Crippen LogP contribution >= 0.6 is 0 Å². The Balaban J connectivity index is 1.25. The van der Waals surface area contributed by atoms with Gasteiger partial charge in [-0.25, -0.2) is 4.39 Å². The minimum Gasteiger partial charge on any atom is -0.376 e. The zero-order chi connectivity index (χ0) is 19.2. The maximum atomic E-state index is 13.8. The van der Waals surface area contributed by atoms with E-state index >= 15 is 0 Å². The quantitative estimate of drug-likeness (QED) is 0.623. The third-order valence-electron chi connectivity index (χ3n) is 4.88. The highest BCUT2D eigenvalue weighted by molar-refractivity contribution is 5.51. The summed E-state index contributed by atoms with van der Waals surface area (Å²) in [6, 6.07) is 11.4. The monoisotopic (exact) mass is 382 g/mol. The van der Waals surface area contributed by atoms with Crippen molar-refractivity contribution < 1.29 is 13.7 Å². The summed E-state index contributed by atoms with van der Waals surface area (Å²) in [4.78, 5) is 10.5. The molecule has 28 heavy (non-hydrogen) atoms. The van der Waals surface area contributed by atoms with Gasteiger partial charge in [-0.15, -0.1) is 0 Å². The number of hydrogen-bond donors (Lipinski definition) is 0. The van der Waals surface area contributed by atoms with E-state index in [0.717, 1.165) is 31.5 Å². The smallest absolute Gasteiger partial charge is 0.257 e. The second-order valence-corrected chi connectivity index (χ2v) is 6.97. The van der Waals surface area contributed by atoms with Gasteiger partial charge in [-0.1, -0.05) is 23.4 Å². The topological polar surface area (TPSA) is 64.3 Å². The molecule has 7 heteroatoms. The van der Waals surface area contributed by atoms with Gasteiger partial charge in [-0.2, -0.15) is 4.98 Å². The van der Waals surface area contributed by atoms with Crippen LogP contribution < -0.4 is 0 Å². The molecule has 3 heterocycles. The van der Waals surface area contributed by atoms with Gasteiger partial charge in [0.2, 0.25) is 0 Å². The van der Waals surface area contributed by atoms with E-state index < -0.39 is 0 Å². The van der Waals surface area contributed by atoms with Crippen LogP contribution in [0, 0.1) is 5.82 Å². The van der Waals surface area contributed by atoms with E-state index in [1.807, 2.05) is 30.3 Å². The van der Waals surface area contributed by atoms with E-state index in [4.69, 9.17) is 9.26 Å². The molecule has 6 nitrogen and oxygen atoms in total. The van der Waals surface area contributed by atoms with Crippen molar-refractivity contribution in [1.29, 1.82) is 0 Å². The van der Waals surface area contributed by atoms with E-state index in [2.05, 4.69) is 20.0 Å². The van der Waals surface area contributed by atoms with Crippen LogP contribution in [0.2, 0.25) is 0 Å². The fraction of sp³-hybridized carbons (Fsp3) is 0.381. The second-order valence-electron chi connectivity index (χ2n) is 6.97. The predicted octanol–water partition coefficient (Wildman–Crippen LogP) is 3.49. The van der Waals surface area contributed by atoms with E-state index in [-0.39, 0.29) is 11.9 Å². The lowest BCUT2D eigenvalue weighted by atomic mass is 10.1. The van der Waals surface area contributed by atoms with Crippen molar-refractivity contribution in [2.24, 2.45) is 0 Å². The summed E-state index contributed by atoms with van der Waals surface area (Å²) in [7, 11) is 0. The normalized spacial score (nSPS) is 17.7. The van der Waals surface area contributed by atoms with Crippen LogP contribution in [-0.2, 0) is 17.7 Å². The molecule has 2 aromatic heterocycles. The molecule has 1 saturated heterocycles. The highest BCUT2D eigenvalue weighted by atomic mass is 19.1. The van der Waals surface area contributed by atoms with Gasteiger partial charge in [0, 0.05) is 36.8 Å². The maximum Gasteiger partial charge on any atom is 0.257 e. The summed E-state index contributed by atoms with van der Waals surface area (Å²) < 4.78 is 25.2.